The van der Waals surface area contributed by atoms with Crippen LogP contribution in [-0.2, 0) is 6.54 Å². The molecule has 0 saturated carbocycles. The number of aliphatic imine (C=N–C) groups is 1. The molecule has 0 saturated heterocycles. The van der Waals surface area contributed by atoms with Crippen LogP contribution in [-0.4, -0.2) is 46.2 Å². The van der Waals surface area contributed by atoms with E-state index in [1.54, 1.807) is 0 Å². The first-order valence-corrected chi connectivity index (χ1v) is 7.18. The molecule has 7 heteroatoms. The van der Waals surface area contributed by atoms with Gasteiger partial charge in [-0.3, -0.25) is 10.1 Å². The average molecular weight is 335 g/mol. The molecule has 0 aliphatic carbocycles. The number of aromatic amines is 1. The van der Waals surface area contributed by atoms with E-state index in [4.69, 9.17) is 0 Å². The van der Waals surface area contributed by atoms with Gasteiger partial charge in [-0.2, -0.15) is 5.10 Å². The van der Waals surface area contributed by atoms with Crippen LogP contribution < -0.4 is 5.32 Å². The highest BCUT2D eigenvalue weighted by Gasteiger charge is 2.12. The van der Waals surface area contributed by atoms with E-state index in [2.05, 4.69) is 46.3 Å². The molecule has 0 spiro atoms. The summed E-state index contributed by atoms with van der Waals surface area (Å²) in [4.78, 5) is 10.9. The van der Waals surface area contributed by atoms with E-state index < -0.39 is 0 Å². The molecular weight excluding hydrogens is 320 g/mol. The average Bonchev–Trinajstić information content (AvgIpc) is 3.06. The smallest absolute Gasteiger partial charge is 0.194 e. The second-order valence-electron chi connectivity index (χ2n) is 4.59. The minimum atomic E-state index is 0.590. The number of hydrogen-bond acceptors (Lipinski definition) is 5. The van der Waals surface area contributed by atoms with Crippen molar-refractivity contribution in [1.82, 2.24) is 25.4 Å². The zero-order valence-corrected chi connectivity index (χ0v) is 12.7. The lowest BCUT2D eigenvalue weighted by molar-refractivity contribution is 0.532. The Hall–Kier alpha value is -1.89. The van der Waals surface area contributed by atoms with Crippen LogP contribution in [0.4, 0.5) is 0 Å². The first kappa shape index (κ1) is 13.1. The lowest BCUT2D eigenvalue weighted by Crippen LogP contribution is -2.35. The normalized spacial score (nSPS) is 14.5. The SMILES string of the molecule is CN1CCN=C1NCc1nc(-c2ccc(Br)cc2)n[nH]1. The molecule has 0 bridgehead atoms. The molecular formula is C13H15BrN6. The summed E-state index contributed by atoms with van der Waals surface area (Å²) < 4.78 is 1.04. The summed E-state index contributed by atoms with van der Waals surface area (Å²) in [6.45, 7) is 2.40. The van der Waals surface area contributed by atoms with Gasteiger partial charge < -0.3 is 10.2 Å². The van der Waals surface area contributed by atoms with E-state index in [1.807, 2.05) is 31.3 Å². The number of benzene rings is 1. The predicted octanol–water partition coefficient (Wildman–Crippen LogP) is 1.63. The molecule has 3 rings (SSSR count). The molecule has 1 aromatic heterocycles. The van der Waals surface area contributed by atoms with Crippen LogP contribution >= 0.6 is 15.9 Å². The van der Waals surface area contributed by atoms with Crippen LogP contribution in [0.1, 0.15) is 5.82 Å². The Morgan fingerprint density at radius 3 is 2.85 bits per heavy atom. The highest BCUT2D eigenvalue weighted by atomic mass is 79.9. The van der Waals surface area contributed by atoms with E-state index in [0.29, 0.717) is 12.4 Å². The number of rotatable bonds is 3. The van der Waals surface area contributed by atoms with E-state index in [0.717, 1.165) is 34.9 Å². The highest BCUT2D eigenvalue weighted by Crippen LogP contribution is 2.18. The molecule has 0 unspecified atom stereocenters. The number of nitrogens with zero attached hydrogens (tertiary/aromatic N) is 4. The Bertz CT molecular complexity index is 618. The maximum atomic E-state index is 4.48. The first-order valence-electron chi connectivity index (χ1n) is 6.39. The maximum Gasteiger partial charge on any atom is 0.194 e. The van der Waals surface area contributed by atoms with Crippen LogP contribution in [0.25, 0.3) is 11.4 Å². The van der Waals surface area contributed by atoms with Gasteiger partial charge in [0.1, 0.15) is 5.82 Å². The monoisotopic (exact) mass is 334 g/mol. The summed E-state index contributed by atoms with van der Waals surface area (Å²) in [6, 6.07) is 7.93. The van der Waals surface area contributed by atoms with Crippen molar-refractivity contribution in [3.8, 4) is 11.4 Å². The van der Waals surface area contributed by atoms with E-state index in [9.17, 15) is 0 Å². The number of halogens is 1. The minimum absolute atomic E-state index is 0.590. The van der Waals surface area contributed by atoms with Crippen LogP contribution in [0.5, 0.6) is 0 Å². The van der Waals surface area contributed by atoms with Crippen molar-refractivity contribution in [3.63, 3.8) is 0 Å². The molecule has 0 radical (unpaired) electrons. The molecule has 0 atom stereocenters. The third-order valence-electron chi connectivity index (χ3n) is 3.11. The van der Waals surface area contributed by atoms with Gasteiger partial charge in [0, 0.05) is 23.6 Å². The van der Waals surface area contributed by atoms with Gasteiger partial charge in [-0.25, -0.2) is 4.98 Å². The third-order valence-corrected chi connectivity index (χ3v) is 3.64. The molecule has 1 aliphatic heterocycles. The summed E-state index contributed by atoms with van der Waals surface area (Å²) >= 11 is 3.41. The Labute approximate surface area is 125 Å². The topological polar surface area (TPSA) is 69.2 Å². The van der Waals surface area contributed by atoms with E-state index in [1.165, 1.54) is 0 Å². The zero-order valence-electron chi connectivity index (χ0n) is 11.1. The highest BCUT2D eigenvalue weighted by molar-refractivity contribution is 9.10. The van der Waals surface area contributed by atoms with E-state index >= 15 is 0 Å². The summed E-state index contributed by atoms with van der Waals surface area (Å²) in [5, 5.41) is 10.4. The quantitative estimate of drug-likeness (QED) is 0.895. The number of aromatic nitrogens is 3. The van der Waals surface area contributed by atoms with Crippen molar-refractivity contribution in [2.45, 2.75) is 6.54 Å². The third kappa shape index (κ3) is 2.82. The number of guanidine groups is 1. The largest absolute Gasteiger partial charge is 0.349 e. The number of hydrogen-bond donors (Lipinski definition) is 2. The zero-order chi connectivity index (χ0) is 13.9. The number of likely N-dealkylation sites (N-methyl/N-ethyl adjacent to an activating group) is 1. The Morgan fingerprint density at radius 1 is 1.35 bits per heavy atom. The standard InChI is InChI=1S/C13H15BrN6/c1-20-7-6-15-13(20)16-8-11-17-12(19-18-11)9-2-4-10(14)5-3-9/h2-5H,6-8H2,1H3,(H,15,16)(H,17,18,19). The van der Waals surface area contributed by atoms with Gasteiger partial charge in [0.05, 0.1) is 13.1 Å². The second kappa shape index (κ2) is 5.62. The Morgan fingerprint density at radius 2 is 2.15 bits per heavy atom. The molecule has 2 aromatic rings. The number of H-pyrrole nitrogens is 1. The molecule has 2 heterocycles. The van der Waals surface area contributed by atoms with Crippen molar-refractivity contribution < 1.29 is 0 Å². The molecule has 20 heavy (non-hydrogen) atoms. The van der Waals surface area contributed by atoms with Crippen LogP contribution in [0.15, 0.2) is 33.7 Å². The van der Waals surface area contributed by atoms with Crippen molar-refractivity contribution in [3.05, 3.63) is 34.6 Å². The molecule has 0 fully saturated rings. The van der Waals surface area contributed by atoms with Gasteiger partial charge in [0.2, 0.25) is 0 Å². The first-order chi connectivity index (χ1) is 9.72. The van der Waals surface area contributed by atoms with E-state index in [-0.39, 0.29) is 0 Å². The fraction of sp³-hybridized carbons (Fsp3) is 0.308. The summed E-state index contributed by atoms with van der Waals surface area (Å²) in [5.74, 6) is 2.41. The summed E-state index contributed by atoms with van der Waals surface area (Å²) in [6.07, 6.45) is 0. The maximum absolute atomic E-state index is 4.48. The minimum Gasteiger partial charge on any atom is -0.349 e. The fourth-order valence-electron chi connectivity index (χ4n) is 1.99. The summed E-state index contributed by atoms with van der Waals surface area (Å²) in [7, 11) is 2.02. The van der Waals surface area contributed by atoms with Gasteiger partial charge >= 0.3 is 0 Å². The van der Waals surface area contributed by atoms with Crippen molar-refractivity contribution in [1.29, 1.82) is 0 Å². The van der Waals surface area contributed by atoms with Crippen molar-refractivity contribution in [2.75, 3.05) is 20.1 Å². The molecule has 104 valence electrons. The van der Waals surface area contributed by atoms with Crippen LogP contribution in [0.2, 0.25) is 0 Å². The molecule has 6 nitrogen and oxygen atoms in total. The lowest BCUT2D eigenvalue weighted by atomic mass is 10.2. The lowest BCUT2D eigenvalue weighted by Gasteiger charge is -2.13. The Balaban J connectivity index is 1.66. The number of nitrogens with one attached hydrogen (secondary N) is 2. The molecule has 2 N–H and O–H groups in total. The van der Waals surface area contributed by atoms with Gasteiger partial charge in [0.15, 0.2) is 11.8 Å². The van der Waals surface area contributed by atoms with Gasteiger partial charge in [-0.1, -0.05) is 28.1 Å². The van der Waals surface area contributed by atoms with Gasteiger partial charge in [-0.05, 0) is 12.1 Å². The van der Waals surface area contributed by atoms with Crippen LogP contribution in [0.3, 0.4) is 0 Å². The fourth-order valence-corrected chi connectivity index (χ4v) is 2.25. The summed E-state index contributed by atoms with van der Waals surface area (Å²) in [5.41, 5.74) is 0.992. The van der Waals surface area contributed by atoms with Crippen LogP contribution in [0, 0.1) is 0 Å². The molecule has 1 aromatic carbocycles. The molecule has 0 amide bonds. The molecule has 1 aliphatic rings. The van der Waals surface area contributed by atoms with Gasteiger partial charge in [-0.15, -0.1) is 0 Å². The van der Waals surface area contributed by atoms with Crippen molar-refractivity contribution >= 4 is 21.9 Å². The second-order valence-corrected chi connectivity index (χ2v) is 5.51. The Kier molecular flexibility index (Phi) is 3.68. The predicted molar refractivity (Wildman–Crippen MR) is 81.3 cm³/mol. The van der Waals surface area contributed by atoms with Crippen molar-refractivity contribution in [2.24, 2.45) is 4.99 Å². The van der Waals surface area contributed by atoms with Gasteiger partial charge in [0.25, 0.3) is 0 Å².